The molecule has 1 fully saturated rings. The van der Waals surface area contributed by atoms with Crippen LogP contribution in [0, 0.1) is 17.5 Å². The lowest BCUT2D eigenvalue weighted by Crippen LogP contribution is -2.58. The highest BCUT2D eigenvalue weighted by atomic mass is 19.1. The zero-order valence-electron chi connectivity index (χ0n) is 14.2. The number of rotatable bonds is 3. The Labute approximate surface area is 153 Å². The van der Waals surface area contributed by atoms with Gasteiger partial charge in [0.15, 0.2) is 0 Å². The van der Waals surface area contributed by atoms with E-state index in [0.29, 0.717) is 30.8 Å². The maximum absolute atomic E-state index is 13.5. The number of hydrogen-bond donors (Lipinski definition) is 0. The van der Waals surface area contributed by atoms with Crippen LogP contribution in [-0.4, -0.2) is 41.3 Å². The van der Waals surface area contributed by atoms with Gasteiger partial charge in [-0.15, -0.1) is 0 Å². The fourth-order valence-electron chi connectivity index (χ4n) is 3.16. The molecular formula is C19H16F3N3O2. The summed E-state index contributed by atoms with van der Waals surface area (Å²) < 4.78 is 45.6. The molecule has 4 rings (SSSR count). The molecule has 0 N–H and O–H groups in total. The molecule has 0 aliphatic carbocycles. The molecule has 140 valence electrons. The van der Waals surface area contributed by atoms with E-state index < -0.39 is 17.7 Å². The monoisotopic (exact) mass is 375 g/mol. The summed E-state index contributed by atoms with van der Waals surface area (Å²) in [7, 11) is 0. The molecule has 27 heavy (non-hydrogen) atoms. The van der Waals surface area contributed by atoms with E-state index in [1.807, 2.05) is 0 Å². The van der Waals surface area contributed by atoms with E-state index in [1.54, 1.807) is 11.1 Å². The van der Waals surface area contributed by atoms with Gasteiger partial charge in [-0.1, -0.05) is 0 Å². The van der Waals surface area contributed by atoms with Gasteiger partial charge in [0, 0.05) is 18.7 Å². The number of likely N-dealkylation sites (tertiary alicyclic amines) is 1. The van der Waals surface area contributed by atoms with Crippen molar-refractivity contribution in [1.29, 1.82) is 0 Å². The normalized spacial score (nSPS) is 19.3. The molecule has 8 heteroatoms. The molecule has 2 aromatic carbocycles. The maximum atomic E-state index is 13.5. The van der Waals surface area contributed by atoms with Crippen LogP contribution in [-0.2, 0) is 0 Å². The quantitative estimate of drug-likeness (QED) is 0.821. The van der Waals surface area contributed by atoms with Crippen LogP contribution in [0.4, 0.5) is 18.0 Å². The Morgan fingerprint density at radius 1 is 1.00 bits per heavy atom. The molecule has 0 radical (unpaired) electrons. The van der Waals surface area contributed by atoms with Crippen LogP contribution < -0.4 is 4.74 Å². The number of benzene rings is 2. The first-order chi connectivity index (χ1) is 13.0. The number of hydrazone groups is 1. The van der Waals surface area contributed by atoms with Crippen molar-refractivity contribution in [2.45, 2.75) is 18.6 Å². The average molecular weight is 375 g/mol. The molecule has 2 aromatic rings. The van der Waals surface area contributed by atoms with Gasteiger partial charge in [-0.2, -0.15) is 5.10 Å². The molecule has 1 atom stereocenters. The number of carbonyl (C=O) groups is 1. The third-order valence-corrected chi connectivity index (χ3v) is 4.53. The van der Waals surface area contributed by atoms with Crippen molar-refractivity contribution < 1.29 is 22.7 Å². The summed E-state index contributed by atoms with van der Waals surface area (Å²) in [5.74, 6) is -1.21. The molecule has 2 aliphatic heterocycles. The fourth-order valence-corrected chi connectivity index (χ4v) is 3.16. The number of urea groups is 1. The van der Waals surface area contributed by atoms with Gasteiger partial charge in [-0.05, 0) is 42.0 Å². The second kappa shape index (κ2) is 6.94. The number of nitrogens with zero attached hydrogens (tertiary/aromatic N) is 3. The smallest absolute Gasteiger partial charge is 0.341 e. The van der Waals surface area contributed by atoms with Crippen molar-refractivity contribution in [3.8, 4) is 5.75 Å². The van der Waals surface area contributed by atoms with E-state index >= 15 is 0 Å². The lowest BCUT2D eigenvalue weighted by molar-refractivity contribution is 0.0277. The summed E-state index contributed by atoms with van der Waals surface area (Å²) in [4.78, 5) is 14.2. The van der Waals surface area contributed by atoms with Crippen LogP contribution in [0.3, 0.4) is 0 Å². The molecule has 0 spiro atoms. The first-order valence-corrected chi connectivity index (χ1v) is 8.48. The van der Waals surface area contributed by atoms with Crippen molar-refractivity contribution in [3.05, 3.63) is 65.5 Å². The van der Waals surface area contributed by atoms with E-state index in [-0.39, 0.29) is 18.0 Å². The molecule has 1 unspecified atom stereocenters. The average Bonchev–Trinajstić information content (AvgIpc) is 3.08. The number of amides is 2. The Morgan fingerprint density at radius 3 is 2.33 bits per heavy atom. The van der Waals surface area contributed by atoms with Gasteiger partial charge in [0.25, 0.3) is 0 Å². The van der Waals surface area contributed by atoms with Gasteiger partial charge >= 0.3 is 6.03 Å². The molecule has 1 saturated heterocycles. The number of halogens is 3. The first kappa shape index (κ1) is 17.4. The predicted octanol–water partition coefficient (Wildman–Crippen LogP) is 3.72. The van der Waals surface area contributed by atoms with E-state index in [0.717, 1.165) is 6.07 Å². The number of ether oxygens (including phenoxy) is 1. The van der Waals surface area contributed by atoms with E-state index in [4.69, 9.17) is 4.74 Å². The topological polar surface area (TPSA) is 45.1 Å². The highest BCUT2D eigenvalue weighted by Gasteiger charge is 2.39. The van der Waals surface area contributed by atoms with E-state index in [2.05, 4.69) is 5.10 Å². The SMILES string of the molecule is O=C(N1CC(Oc2ccc(F)cc2)C1)N1N=CCC1c1cc(F)cc(F)c1. The lowest BCUT2D eigenvalue weighted by Gasteiger charge is -2.41. The van der Waals surface area contributed by atoms with Crippen molar-refractivity contribution in [2.75, 3.05) is 13.1 Å². The highest BCUT2D eigenvalue weighted by molar-refractivity contribution is 5.79. The summed E-state index contributed by atoms with van der Waals surface area (Å²) in [6.45, 7) is 0.707. The van der Waals surface area contributed by atoms with E-state index in [1.165, 1.54) is 41.4 Å². The Hall–Kier alpha value is -3.03. The summed E-state index contributed by atoms with van der Waals surface area (Å²) in [6.07, 6.45) is 1.74. The van der Waals surface area contributed by atoms with Crippen LogP contribution in [0.25, 0.3) is 0 Å². The van der Waals surface area contributed by atoms with Crippen molar-refractivity contribution in [1.82, 2.24) is 9.91 Å². The van der Waals surface area contributed by atoms with Crippen molar-refractivity contribution >= 4 is 12.2 Å². The summed E-state index contributed by atoms with van der Waals surface area (Å²) >= 11 is 0. The standard InChI is InChI=1S/C19H16F3N3O2/c20-13-1-3-16(4-2-13)27-17-10-24(11-17)19(26)25-18(5-6-23-25)12-7-14(21)9-15(22)8-12/h1-4,6-9,17-18H,5,10-11H2. The van der Waals surface area contributed by atoms with Gasteiger partial charge in [0.05, 0.1) is 19.1 Å². The zero-order chi connectivity index (χ0) is 19.0. The van der Waals surface area contributed by atoms with Gasteiger partial charge in [0.2, 0.25) is 0 Å². The van der Waals surface area contributed by atoms with Gasteiger partial charge < -0.3 is 9.64 Å². The second-order valence-electron chi connectivity index (χ2n) is 6.48. The lowest BCUT2D eigenvalue weighted by atomic mass is 10.0. The zero-order valence-corrected chi connectivity index (χ0v) is 14.2. The largest absolute Gasteiger partial charge is 0.487 e. The fraction of sp³-hybridized carbons (Fsp3) is 0.263. The second-order valence-corrected chi connectivity index (χ2v) is 6.48. The number of carbonyl (C=O) groups excluding carboxylic acids is 1. The van der Waals surface area contributed by atoms with Crippen molar-refractivity contribution in [3.63, 3.8) is 0 Å². The van der Waals surface area contributed by atoms with Gasteiger partial charge in [-0.25, -0.2) is 23.0 Å². The summed E-state index contributed by atoms with van der Waals surface area (Å²) in [5, 5.41) is 5.30. The summed E-state index contributed by atoms with van der Waals surface area (Å²) in [6, 6.07) is 7.98. The molecular weight excluding hydrogens is 359 g/mol. The summed E-state index contributed by atoms with van der Waals surface area (Å²) in [5.41, 5.74) is 0.359. The highest BCUT2D eigenvalue weighted by Crippen LogP contribution is 2.31. The minimum Gasteiger partial charge on any atom is -0.487 e. The first-order valence-electron chi connectivity index (χ1n) is 8.48. The van der Waals surface area contributed by atoms with Crippen LogP contribution in [0.15, 0.2) is 47.6 Å². The van der Waals surface area contributed by atoms with E-state index in [9.17, 15) is 18.0 Å². The molecule has 2 heterocycles. The number of hydrogen-bond acceptors (Lipinski definition) is 3. The third kappa shape index (κ3) is 3.60. The molecule has 0 bridgehead atoms. The van der Waals surface area contributed by atoms with Crippen molar-refractivity contribution in [2.24, 2.45) is 5.10 Å². The van der Waals surface area contributed by atoms with Gasteiger partial charge in [-0.3, -0.25) is 0 Å². The Morgan fingerprint density at radius 2 is 1.67 bits per heavy atom. The Bertz CT molecular complexity index is 862. The minimum absolute atomic E-state index is 0.198. The van der Waals surface area contributed by atoms with Gasteiger partial charge in [0.1, 0.15) is 29.3 Å². The molecule has 0 saturated carbocycles. The third-order valence-electron chi connectivity index (χ3n) is 4.53. The predicted molar refractivity (Wildman–Crippen MR) is 91.8 cm³/mol. The van der Waals surface area contributed by atoms with Crippen LogP contribution >= 0.6 is 0 Å². The Kier molecular flexibility index (Phi) is 4.47. The molecule has 2 amide bonds. The van der Waals surface area contributed by atoms with Crippen LogP contribution in [0.1, 0.15) is 18.0 Å². The molecule has 2 aliphatic rings. The van der Waals surface area contributed by atoms with Crippen LogP contribution in [0.2, 0.25) is 0 Å². The van der Waals surface area contributed by atoms with Crippen LogP contribution in [0.5, 0.6) is 5.75 Å². The minimum atomic E-state index is -0.694. The Balaban J connectivity index is 1.38. The maximum Gasteiger partial charge on any atom is 0.341 e. The molecule has 0 aromatic heterocycles. The molecule has 5 nitrogen and oxygen atoms in total.